The Bertz CT molecular complexity index is 877. The minimum absolute atomic E-state index is 0.0386. The van der Waals surface area contributed by atoms with Gasteiger partial charge in [-0.1, -0.05) is 35.9 Å². The Morgan fingerprint density at radius 3 is 2.52 bits per heavy atom. The molecule has 0 bridgehead atoms. The fourth-order valence-corrected chi connectivity index (χ4v) is 4.56. The second-order valence-corrected chi connectivity index (χ2v) is 8.24. The summed E-state index contributed by atoms with van der Waals surface area (Å²) < 4.78 is 26.7. The van der Waals surface area contributed by atoms with Gasteiger partial charge >= 0.3 is 0 Å². The van der Waals surface area contributed by atoms with Crippen LogP contribution in [0.15, 0.2) is 53.4 Å². The molecule has 1 aliphatic rings. The minimum Gasteiger partial charge on any atom is -0.376 e. The van der Waals surface area contributed by atoms with E-state index in [1.54, 1.807) is 24.3 Å². The van der Waals surface area contributed by atoms with Crippen LogP contribution < -0.4 is 5.32 Å². The Morgan fingerprint density at radius 1 is 1.08 bits per heavy atom. The number of benzene rings is 2. The number of anilines is 1. The van der Waals surface area contributed by atoms with E-state index in [1.165, 1.54) is 16.4 Å². The maximum absolute atomic E-state index is 12.6. The molecule has 0 atom stereocenters. The van der Waals surface area contributed by atoms with E-state index in [4.69, 9.17) is 11.6 Å². The van der Waals surface area contributed by atoms with Gasteiger partial charge in [-0.3, -0.25) is 4.79 Å². The normalized spacial score (nSPS) is 15.2. The van der Waals surface area contributed by atoms with Crippen LogP contribution >= 0.6 is 11.6 Å². The molecule has 1 aliphatic heterocycles. The van der Waals surface area contributed by atoms with Crippen molar-refractivity contribution < 1.29 is 13.2 Å². The lowest BCUT2D eigenvalue weighted by atomic mass is 10.1. The van der Waals surface area contributed by atoms with Crippen molar-refractivity contribution in [3.05, 3.63) is 59.1 Å². The van der Waals surface area contributed by atoms with Crippen LogP contribution in [0.3, 0.4) is 0 Å². The summed E-state index contributed by atoms with van der Waals surface area (Å²) in [4.78, 5) is 12.6. The van der Waals surface area contributed by atoms with Crippen LogP contribution in [0.2, 0.25) is 5.02 Å². The zero-order valence-electron chi connectivity index (χ0n) is 13.6. The Labute approximate surface area is 152 Å². The van der Waals surface area contributed by atoms with Crippen LogP contribution in [0.1, 0.15) is 23.2 Å². The molecule has 1 N–H and O–H groups in total. The summed E-state index contributed by atoms with van der Waals surface area (Å²) in [6, 6.07) is 13.4. The lowest BCUT2D eigenvalue weighted by Gasteiger charge is -2.16. The van der Waals surface area contributed by atoms with Crippen molar-refractivity contribution in [1.29, 1.82) is 0 Å². The number of Topliss-reactive ketones (excluding diaryl/α,β-unsaturated/α-hetero) is 1. The molecule has 0 unspecified atom stereocenters. The quantitative estimate of drug-likeness (QED) is 0.782. The van der Waals surface area contributed by atoms with Gasteiger partial charge in [0, 0.05) is 18.7 Å². The highest BCUT2D eigenvalue weighted by atomic mass is 35.5. The van der Waals surface area contributed by atoms with Crippen molar-refractivity contribution in [3.63, 3.8) is 0 Å². The third kappa shape index (κ3) is 4.03. The molecule has 1 fully saturated rings. The second kappa shape index (κ2) is 7.56. The van der Waals surface area contributed by atoms with E-state index in [0.717, 1.165) is 12.8 Å². The number of nitrogens with one attached hydrogen (secondary N) is 1. The number of rotatable bonds is 6. The molecule has 132 valence electrons. The van der Waals surface area contributed by atoms with Gasteiger partial charge in [-0.2, -0.15) is 4.31 Å². The highest BCUT2D eigenvalue weighted by Gasteiger charge is 2.27. The van der Waals surface area contributed by atoms with Gasteiger partial charge < -0.3 is 5.32 Å². The number of nitrogens with zero attached hydrogens (tertiary/aromatic N) is 1. The maximum Gasteiger partial charge on any atom is 0.243 e. The number of hydrogen-bond acceptors (Lipinski definition) is 4. The highest BCUT2D eigenvalue weighted by molar-refractivity contribution is 7.89. The predicted molar refractivity (Wildman–Crippen MR) is 98.7 cm³/mol. The number of ketones is 1. The van der Waals surface area contributed by atoms with Crippen LogP contribution in [0.25, 0.3) is 0 Å². The molecule has 0 amide bonds. The third-order valence-electron chi connectivity index (χ3n) is 4.17. The molecule has 5 nitrogen and oxygen atoms in total. The lowest BCUT2D eigenvalue weighted by molar-refractivity contribution is 0.101. The van der Waals surface area contributed by atoms with Crippen molar-refractivity contribution in [2.45, 2.75) is 17.7 Å². The average molecular weight is 379 g/mol. The van der Waals surface area contributed by atoms with Crippen molar-refractivity contribution >= 4 is 33.1 Å². The number of halogens is 1. The summed E-state index contributed by atoms with van der Waals surface area (Å²) in [6.45, 7) is 1.11. The first-order valence-corrected chi connectivity index (χ1v) is 9.92. The van der Waals surface area contributed by atoms with Crippen molar-refractivity contribution in [2.75, 3.05) is 25.0 Å². The van der Waals surface area contributed by atoms with Gasteiger partial charge in [-0.25, -0.2) is 8.42 Å². The van der Waals surface area contributed by atoms with E-state index >= 15 is 0 Å². The van der Waals surface area contributed by atoms with Crippen molar-refractivity contribution in [3.8, 4) is 0 Å². The second-order valence-electron chi connectivity index (χ2n) is 5.90. The van der Waals surface area contributed by atoms with Crippen LogP contribution in [-0.4, -0.2) is 38.1 Å². The molecule has 0 aromatic heterocycles. The first-order chi connectivity index (χ1) is 12.0. The first kappa shape index (κ1) is 17.9. The Morgan fingerprint density at radius 2 is 1.80 bits per heavy atom. The molecular weight excluding hydrogens is 360 g/mol. The summed E-state index contributed by atoms with van der Waals surface area (Å²) in [5.41, 5.74) is 1.03. The van der Waals surface area contributed by atoms with Crippen LogP contribution in [-0.2, 0) is 10.0 Å². The SMILES string of the molecule is O=C(CNc1ccccc1Cl)c1cccc(S(=O)(=O)N2CCCC2)c1. The summed E-state index contributed by atoms with van der Waals surface area (Å²) >= 11 is 6.05. The van der Waals surface area contributed by atoms with Gasteiger partial charge in [0.25, 0.3) is 0 Å². The fourth-order valence-electron chi connectivity index (χ4n) is 2.79. The Hall–Kier alpha value is -1.89. The van der Waals surface area contributed by atoms with Crippen LogP contribution in [0.5, 0.6) is 0 Å². The molecule has 1 saturated heterocycles. The predicted octanol–water partition coefficient (Wildman–Crippen LogP) is 3.42. The summed E-state index contributed by atoms with van der Waals surface area (Å²) in [7, 11) is -3.53. The number of carbonyl (C=O) groups excluding carboxylic acids is 1. The number of hydrogen-bond donors (Lipinski definition) is 1. The van der Waals surface area contributed by atoms with Crippen molar-refractivity contribution in [2.24, 2.45) is 0 Å². The van der Waals surface area contributed by atoms with E-state index in [-0.39, 0.29) is 17.2 Å². The van der Waals surface area contributed by atoms with Gasteiger partial charge in [0.05, 0.1) is 22.2 Å². The molecule has 0 radical (unpaired) electrons. The monoisotopic (exact) mass is 378 g/mol. The molecule has 2 aromatic carbocycles. The summed E-state index contributed by atoms with van der Waals surface area (Å²) in [5, 5.41) is 3.51. The van der Waals surface area contributed by atoms with Gasteiger partial charge in [-0.05, 0) is 37.1 Å². The molecule has 3 rings (SSSR count). The Kier molecular flexibility index (Phi) is 5.42. The Balaban J connectivity index is 1.74. The smallest absolute Gasteiger partial charge is 0.243 e. The third-order valence-corrected chi connectivity index (χ3v) is 6.40. The molecule has 0 saturated carbocycles. The van der Waals surface area contributed by atoms with E-state index in [9.17, 15) is 13.2 Å². The van der Waals surface area contributed by atoms with Gasteiger partial charge in [0.1, 0.15) is 0 Å². The molecular formula is C18H19ClN2O3S. The lowest BCUT2D eigenvalue weighted by Crippen LogP contribution is -2.28. The molecule has 1 heterocycles. The molecule has 2 aromatic rings. The highest BCUT2D eigenvalue weighted by Crippen LogP contribution is 2.23. The summed E-state index contributed by atoms with van der Waals surface area (Å²) in [6.07, 6.45) is 1.75. The summed E-state index contributed by atoms with van der Waals surface area (Å²) in [5.74, 6) is -0.196. The average Bonchev–Trinajstić information content (AvgIpc) is 3.16. The van der Waals surface area contributed by atoms with Crippen LogP contribution in [0, 0.1) is 0 Å². The zero-order valence-corrected chi connectivity index (χ0v) is 15.2. The standard InChI is InChI=1S/C18H19ClN2O3S/c19-16-8-1-2-9-17(16)20-13-18(22)14-6-5-7-15(12-14)25(23,24)21-10-3-4-11-21/h1-2,5-9,12,20H,3-4,10-11,13H2. The van der Waals surface area contributed by atoms with Gasteiger partial charge in [0.2, 0.25) is 10.0 Å². The molecule has 0 spiro atoms. The minimum atomic E-state index is -3.53. The number of para-hydroxylation sites is 1. The van der Waals surface area contributed by atoms with E-state index in [0.29, 0.717) is 29.4 Å². The van der Waals surface area contributed by atoms with Gasteiger partial charge in [0.15, 0.2) is 5.78 Å². The van der Waals surface area contributed by atoms with Crippen molar-refractivity contribution in [1.82, 2.24) is 4.31 Å². The largest absolute Gasteiger partial charge is 0.376 e. The molecule has 7 heteroatoms. The van der Waals surface area contributed by atoms with E-state index in [1.807, 2.05) is 12.1 Å². The zero-order chi connectivity index (χ0) is 17.9. The molecule has 25 heavy (non-hydrogen) atoms. The van der Waals surface area contributed by atoms with E-state index < -0.39 is 10.0 Å². The number of sulfonamides is 1. The first-order valence-electron chi connectivity index (χ1n) is 8.10. The topological polar surface area (TPSA) is 66.5 Å². The molecule has 0 aliphatic carbocycles. The number of carbonyl (C=O) groups is 1. The maximum atomic E-state index is 12.6. The van der Waals surface area contributed by atoms with E-state index in [2.05, 4.69) is 5.32 Å². The fraction of sp³-hybridized carbons (Fsp3) is 0.278. The van der Waals surface area contributed by atoms with Gasteiger partial charge in [-0.15, -0.1) is 0 Å². The van der Waals surface area contributed by atoms with Crippen LogP contribution in [0.4, 0.5) is 5.69 Å².